The average Bonchev–Trinajstić information content (AvgIpc) is 2.14. The summed E-state index contributed by atoms with van der Waals surface area (Å²) in [6, 6.07) is 0.211. The number of likely N-dealkylation sites (N-methyl/N-ethyl adjacent to an activating group) is 1. The lowest BCUT2D eigenvalue weighted by atomic mass is 9.99. The minimum absolute atomic E-state index is 0.211. The van der Waals surface area contributed by atoms with Crippen molar-refractivity contribution in [1.29, 1.82) is 0 Å². The molecule has 1 unspecified atom stereocenters. The topological polar surface area (TPSA) is 67.6 Å². The van der Waals surface area contributed by atoms with Gasteiger partial charge in [-0.15, -0.1) is 0 Å². The molecule has 18 heavy (non-hydrogen) atoms. The lowest BCUT2D eigenvalue weighted by molar-refractivity contribution is -0.124. The highest BCUT2D eigenvalue weighted by Gasteiger charge is 2.32. The first kappa shape index (κ1) is 17.4. The van der Waals surface area contributed by atoms with Gasteiger partial charge >= 0.3 is 0 Å². The number of primary amides is 1. The molecular weight excluding hydrogens is 230 g/mol. The van der Waals surface area contributed by atoms with Gasteiger partial charge in [0, 0.05) is 19.1 Å². The lowest BCUT2D eigenvalue weighted by Gasteiger charge is -2.33. The number of rotatable bonds is 9. The molecule has 0 aliphatic rings. The Morgan fingerprint density at radius 1 is 1.39 bits per heavy atom. The molecule has 0 aliphatic heterocycles. The SMILES string of the molecule is CC(C)NC(C)(CN(C)CCOC(C)C)C(N)=O. The summed E-state index contributed by atoms with van der Waals surface area (Å²) >= 11 is 0. The van der Waals surface area contributed by atoms with Crippen molar-refractivity contribution in [1.82, 2.24) is 10.2 Å². The Morgan fingerprint density at radius 3 is 2.33 bits per heavy atom. The number of carbonyl (C=O) groups excluding carboxylic acids is 1. The van der Waals surface area contributed by atoms with E-state index in [1.165, 1.54) is 0 Å². The van der Waals surface area contributed by atoms with E-state index in [4.69, 9.17) is 10.5 Å². The van der Waals surface area contributed by atoms with E-state index in [9.17, 15) is 4.79 Å². The molecule has 5 heteroatoms. The molecule has 0 saturated heterocycles. The third kappa shape index (κ3) is 6.93. The fourth-order valence-electron chi connectivity index (χ4n) is 1.89. The first-order valence-electron chi connectivity index (χ1n) is 6.55. The molecule has 1 amide bonds. The van der Waals surface area contributed by atoms with Crippen LogP contribution in [0.1, 0.15) is 34.6 Å². The Hall–Kier alpha value is -0.650. The highest BCUT2D eigenvalue weighted by molar-refractivity contribution is 5.84. The van der Waals surface area contributed by atoms with E-state index in [2.05, 4.69) is 10.2 Å². The van der Waals surface area contributed by atoms with Crippen LogP contribution in [0.15, 0.2) is 0 Å². The van der Waals surface area contributed by atoms with Crippen molar-refractivity contribution in [3.05, 3.63) is 0 Å². The highest BCUT2D eigenvalue weighted by Crippen LogP contribution is 2.07. The Labute approximate surface area is 111 Å². The van der Waals surface area contributed by atoms with Crippen LogP contribution < -0.4 is 11.1 Å². The van der Waals surface area contributed by atoms with E-state index in [0.29, 0.717) is 13.2 Å². The van der Waals surface area contributed by atoms with Crippen molar-refractivity contribution in [3.63, 3.8) is 0 Å². The zero-order valence-corrected chi connectivity index (χ0v) is 12.6. The van der Waals surface area contributed by atoms with Crippen molar-refractivity contribution in [2.75, 3.05) is 26.7 Å². The first-order valence-corrected chi connectivity index (χ1v) is 6.55. The second-order valence-corrected chi connectivity index (χ2v) is 5.65. The number of nitrogens with zero attached hydrogens (tertiary/aromatic N) is 1. The van der Waals surface area contributed by atoms with E-state index in [-0.39, 0.29) is 18.1 Å². The smallest absolute Gasteiger partial charge is 0.238 e. The third-order valence-electron chi connectivity index (χ3n) is 2.66. The van der Waals surface area contributed by atoms with Crippen molar-refractivity contribution in [3.8, 4) is 0 Å². The number of ether oxygens (including phenoxy) is 1. The van der Waals surface area contributed by atoms with Crippen LogP contribution in [-0.4, -0.2) is 55.2 Å². The third-order valence-corrected chi connectivity index (χ3v) is 2.66. The molecule has 108 valence electrons. The molecule has 0 heterocycles. The summed E-state index contributed by atoms with van der Waals surface area (Å²) in [5.41, 5.74) is 4.78. The molecule has 0 aliphatic carbocycles. The minimum atomic E-state index is -0.708. The second-order valence-electron chi connectivity index (χ2n) is 5.65. The monoisotopic (exact) mass is 259 g/mol. The highest BCUT2D eigenvalue weighted by atomic mass is 16.5. The van der Waals surface area contributed by atoms with Crippen molar-refractivity contribution in [2.24, 2.45) is 5.73 Å². The predicted molar refractivity (Wildman–Crippen MR) is 74.5 cm³/mol. The molecule has 1 atom stereocenters. The number of hydrogen-bond donors (Lipinski definition) is 2. The standard InChI is InChI=1S/C13H29N3O2/c1-10(2)15-13(5,12(14)17)9-16(6)7-8-18-11(3)4/h10-11,15H,7-9H2,1-6H3,(H2,14,17). The van der Waals surface area contributed by atoms with Crippen LogP contribution in [0.2, 0.25) is 0 Å². The largest absolute Gasteiger partial charge is 0.377 e. The number of amides is 1. The van der Waals surface area contributed by atoms with Gasteiger partial charge in [-0.05, 0) is 41.7 Å². The molecule has 0 saturated carbocycles. The van der Waals surface area contributed by atoms with Gasteiger partial charge in [0.05, 0.1) is 12.7 Å². The Morgan fingerprint density at radius 2 is 1.94 bits per heavy atom. The van der Waals surface area contributed by atoms with E-state index < -0.39 is 5.54 Å². The summed E-state index contributed by atoms with van der Waals surface area (Å²) in [5, 5.41) is 3.23. The van der Waals surface area contributed by atoms with Crippen LogP contribution in [0.5, 0.6) is 0 Å². The van der Waals surface area contributed by atoms with Gasteiger partial charge in [0.15, 0.2) is 0 Å². The van der Waals surface area contributed by atoms with Crippen LogP contribution in [0.25, 0.3) is 0 Å². The number of nitrogens with two attached hydrogens (primary N) is 1. The van der Waals surface area contributed by atoms with Gasteiger partial charge in [-0.1, -0.05) is 0 Å². The van der Waals surface area contributed by atoms with E-state index >= 15 is 0 Å². The molecule has 3 N–H and O–H groups in total. The summed E-state index contributed by atoms with van der Waals surface area (Å²) in [4.78, 5) is 13.6. The summed E-state index contributed by atoms with van der Waals surface area (Å²) < 4.78 is 5.49. The Bertz CT molecular complexity index is 257. The van der Waals surface area contributed by atoms with Crippen molar-refractivity contribution in [2.45, 2.75) is 52.3 Å². The molecule has 0 bridgehead atoms. The van der Waals surface area contributed by atoms with Gasteiger partial charge in [0.2, 0.25) is 5.91 Å². The summed E-state index contributed by atoms with van der Waals surface area (Å²) in [6.45, 7) is 11.9. The maximum Gasteiger partial charge on any atom is 0.238 e. The molecular formula is C13H29N3O2. The maximum absolute atomic E-state index is 11.6. The summed E-state index contributed by atoms with van der Waals surface area (Å²) in [5.74, 6) is -0.326. The fraction of sp³-hybridized carbons (Fsp3) is 0.923. The van der Waals surface area contributed by atoms with Gasteiger partial charge in [0.1, 0.15) is 5.54 Å². The van der Waals surface area contributed by atoms with Crippen LogP contribution in [0.4, 0.5) is 0 Å². The quantitative estimate of drug-likeness (QED) is 0.636. The molecule has 0 aromatic carbocycles. The number of hydrogen-bond acceptors (Lipinski definition) is 4. The summed E-state index contributed by atoms with van der Waals surface area (Å²) in [7, 11) is 1.97. The van der Waals surface area contributed by atoms with Crippen LogP contribution in [0.3, 0.4) is 0 Å². The van der Waals surface area contributed by atoms with Crippen LogP contribution in [-0.2, 0) is 9.53 Å². The van der Waals surface area contributed by atoms with E-state index in [1.807, 2.05) is 41.7 Å². The Balaban J connectivity index is 4.28. The molecule has 0 fully saturated rings. The van der Waals surface area contributed by atoms with Gasteiger partial charge in [-0.3, -0.25) is 4.79 Å². The van der Waals surface area contributed by atoms with Crippen molar-refractivity contribution >= 4 is 5.91 Å². The van der Waals surface area contributed by atoms with E-state index in [0.717, 1.165) is 6.54 Å². The first-order chi connectivity index (χ1) is 8.17. The lowest BCUT2D eigenvalue weighted by Crippen LogP contribution is -2.61. The zero-order valence-electron chi connectivity index (χ0n) is 12.6. The average molecular weight is 259 g/mol. The van der Waals surface area contributed by atoms with Gasteiger partial charge in [-0.2, -0.15) is 0 Å². The molecule has 0 aromatic heterocycles. The van der Waals surface area contributed by atoms with E-state index in [1.54, 1.807) is 0 Å². The zero-order chi connectivity index (χ0) is 14.3. The van der Waals surface area contributed by atoms with Crippen LogP contribution >= 0.6 is 0 Å². The Kier molecular flexibility index (Phi) is 7.43. The molecule has 0 radical (unpaired) electrons. The number of carbonyl (C=O) groups is 1. The molecule has 0 rings (SSSR count). The predicted octanol–water partition coefficient (Wildman–Crippen LogP) is 0.585. The fourth-order valence-corrected chi connectivity index (χ4v) is 1.89. The van der Waals surface area contributed by atoms with Gasteiger partial charge in [0.25, 0.3) is 0 Å². The normalized spacial score (nSPS) is 15.4. The molecule has 5 nitrogen and oxygen atoms in total. The molecule has 0 spiro atoms. The van der Waals surface area contributed by atoms with Gasteiger partial charge in [-0.25, -0.2) is 0 Å². The number of nitrogens with one attached hydrogen (secondary N) is 1. The molecule has 0 aromatic rings. The van der Waals surface area contributed by atoms with Gasteiger partial charge < -0.3 is 20.7 Å². The maximum atomic E-state index is 11.6. The minimum Gasteiger partial charge on any atom is -0.377 e. The van der Waals surface area contributed by atoms with Crippen molar-refractivity contribution < 1.29 is 9.53 Å². The summed E-state index contributed by atoms with van der Waals surface area (Å²) in [6.07, 6.45) is 0.231. The second kappa shape index (κ2) is 7.71. The van der Waals surface area contributed by atoms with Crippen LogP contribution in [0, 0.1) is 0 Å².